The van der Waals surface area contributed by atoms with Gasteiger partial charge in [-0.25, -0.2) is 9.89 Å². The third-order valence-electron chi connectivity index (χ3n) is 2.77. The van der Waals surface area contributed by atoms with E-state index in [-0.39, 0.29) is 28.6 Å². The van der Waals surface area contributed by atoms with E-state index in [1.54, 1.807) is 6.92 Å². The summed E-state index contributed by atoms with van der Waals surface area (Å²) in [6, 6.07) is 2.21. The van der Waals surface area contributed by atoms with E-state index in [1.165, 1.54) is 7.11 Å². The average Bonchev–Trinajstić information content (AvgIpc) is 2.52. The van der Waals surface area contributed by atoms with Gasteiger partial charge in [0.05, 0.1) is 24.3 Å². The van der Waals surface area contributed by atoms with Gasteiger partial charge in [0, 0.05) is 11.6 Å². The molecule has 0 saturated carbocycles. The number of hydrogen-bond acceptors (Lipinski definition) is 9. The van der Waals surface area contributed by atoms with Crippen LogP contribution in [-0.4, -0.2) is 38.5 Å². The van der Waals surface area contributed by atoms with Crippen molar-refractivity contribution in [3.8, 4) is 11.5 Å². The number of nitrogens with zero attached hydrogens (tertiary/aromatic N) is 4. The van der Waals surface area contributed by atoms with Gasteiger partial charge in [-0.2, -0.15) is 15.2 Å². The summed E-state index contributed by atoms with van der Waals surface area (Å²) in [5, 5.41) is 30.4. The molecular formula is C12H12N6O5. The molecule has 0 spiro atoms. The summed E-state index contributed by atoms with van der Waals surface area (Å²) >= 11 is 0. The van der Waals surface area contributed by atoms with Crippen molar-refractivity contribution in [1.29, 1.82) is 0 Å². The molecule has 120 valence electrons. The first-order valence-corrected chi connectivity index (χ1v) is 6.20. The molecule has 0 amide bonds. The number of anilines is 1. The monoisotopic (exact) mass is 320 g/mol. The van der Waals surface area contributed by atoms with Crippen LogP contribution in [0.25, 0.3) is 0 Å². The van der Waals surface area contributed by atoms with Crippen LogP contribution in [-0.2, 0) is 0 Å². The molecule has 0 aliphatic carbocycles. The van der Waals surface area contributed by atoms with E-state index in [1.807, 2.05) is 0 Å². The number of hydrogen-bond donors (Lipinski definition) is 3. The van der Waals surface area contributed by atoms with Gasteiger partial charge in [-0.05, 0) is 6.92 Å². The number of rotatable bonds is 5. The summed E-state index contributed by atoms with van der Waals surface area (Å²) in [7, 11) is 1.27. The number of non-ortho nitro benzene ring substituents is 1. The van der Waals surface area contributed by atoms with E-state index in [4.69, 9.17) is 4.74 Å². The highest BCUT2D eigenvalue weighted by Crippen LogP contribution is 2.33. The maximum atomic E-state index is 11.1. The van der Waals surface area contributed by atoms with Crippen LogP contribution < -0.4 is 15.9 Å². The van der Waals surface area contributed by atoms with Crippen molar-refractivity contribution in [2.24, 2.45) is 5.10 Å². The molecule has 2 aromatic rings. The maximum absolute atomic E-state index is 11.1. The van der Waals surface area contributed by atoms with Crippen molar-refractivity contribution in [2.45, 2.75) is 6.92 Å². The van der Waals surface area contributed by atoms with Crippen LogP contribution >= 0.6 is 0 Å². The molecule has 11 heteroatoms. The third-order valence-corrected chi connectivity index (χ3v) is 2.77. The number of H-pyrrole nitrogens is 1. The van der Waals surface area contributed by atoms with E-state index >= 15 is 0 Å². The summed E-state index contributed by atoms with van der Waals surface area (Å²) < 4.78 is 4.87. The van der Waals surface area contributed by atoms with E-state index < -0.39 is 10.6 Å². The molecule has 0 saturated heterocycles. The number of aryl methyl sites for hydroxylation is 1. The van der Waals surface area contributed by atoms with Crippen LogP contribution in [0, 0.1) is 17.0 Å². The van der Waals surface area contributed by atoms with Crippen molar-refractivity contribution in [3.05, 3.63) is 44.0 Å². The first-order valence-electron chi connectivity index (χ1n) is 6.20. The number of methoxy groups -OCH3 is 1. The number of aromatic hydroxyl groups is 1. The number of benzene rings is 1. The van der Waals surface area contributed by atoms with Crippen LogP contribution in [0.3, 0.4) is 0 Å². The molecular weight excluding hydrogens is 308 g/mol. The van der Waals surface area contributed by atoms with Gasteiger partial charge in [0.25, 0.3) is 5.69 Å². The van der Waals surface area contributed by atoms with E-state index in [9.17, 15) is 20.0 Å². The summed E-state index contributed by atoms with van der Waals surface area (Å²) in [6.07, 6.45) is 1.13. The van der Waals surface area contributed by atoms with Crippen molar-refractivity contribution >= 4 is 17.7 Å². The fourth-order valence-corrected chi connectivity index (χ4v) is 1.63. The number of ether oxygens (including phenoxy) is 1. The lowest BCUT2D eigenvalue weighted by Gasteiger charge is -2.06. The van der Waals surface area contributed by atoms with Gasteiger partial charge in [0.15, 0.2) is 17.3 Å². The Morgan fingerprint density at radius 2 is 2.26 bits per heavy atom. The molecule has 3 N–H and O–H groups in total. The molecule has 0 aliphatic heterocycles. The van der Waals surface area contributed by atoms with Crippen LogP contribution in [0.1, 0.15) is 11.3 Å². The lowest BCUT2D eigenvalue weighted by Crippen LogP contribution is -2.15. The SMILES string of the molecule is COc1cc([N+](=O)[O-])cc(C=NNc2nc(=O)[nH]nc2C)c1O. The number of aromatic nitrogens is 3. The fourth-order valence-electron chi connectivity index (χ4n) is 1.63. The average molecular weight is 320 g/mol. The number of nitro groups is 1. The molecule has 0 bridgehead atoms. The van der Waals surface area contributed by atoms with Crippen molar-refractivity contribution in [1.82, 2.24) is 15.2 Å². The van der Waals surface area contributed by atoms with E-state index in [2.05, 4.69) is 25.7 Å². The molecule has 11 nitrogen and oxygen atoms in total. The smallest absolute Gasteiger partial charge is 0.363 e. The number of phenolic OH excluding ortho intramolecular Hbond substituents is 1. The normalized spacial score (nSPS) is 10.7. The number of nitro benzene ring substituents is 1. The molecule has 0 radical (unpaired) electrons. The Morgan fingerprint density at radius 3 is 2.91 bits per heavy atom. The highest BCUT2D eigenvalue weighted by atomic mass is 16.6. The number of aromatic amines is 1. The lowest BCUT2D eigenvalue weighted by atomic mass is 10.2. The lowest BCUT2D eigenvalue weighted by molar-refractivity contribution is -0.385. The van der Waals surface area contributed by atoms with Gasteiger partial charge in [-0.3, -0.25) is 15.5 Å². The Kier molecular flexibility index (Phi) is 4.50. The largest absolute Gasteiger partial charge is 0.504 e. The van der Waals surface area contributed by atoms with Gasteiger partial charge in [-0.15, -0.1) is 0 Å². The predicted molar refractivity (Wildman–Crippen MR) is 79.9 cm³/mol. The van der Waals surface area contributed by atoms with Crippen LogP contribution in [0.5, 0.6) is 11.5 Å². The number of hydrazone groups is 1. The van der Waals surface area contributed by atoms with Crippen molar-refractivity contribution in [2.75, 3.05) is 12.5 Å². The molecule has 0 unspecified atom stereocenters. The second-order valence-electron chi connectivity index (χ2n) is 4.29. The molecule has 23 heavy (non-hydrogen) atoms. The molecule has 2 rings (SSSR count). The summed E-state index contributed by atoms with van der Waals surface area (Å²) in [6.45, 7) is 1.59. The number of phenols is 1. The topological polar surface area (TPSA) is 156 Å². The van der Waals surface area contributed by atoms with Crippen LogP contribution in [0.4, 0.5) is 11.5 Å². The van der Waals surface area contributed by atoms with E-state index in [0.29, 0.717) is 5.69 Å². The van der Waals surface area contributed by atoms with Gasteiger partial charge in [0.2, 0.25) is 0 Å². The highest BCUT2D eigenvalue weighted by molar-refractivity contribution is 5.86. The standard InChI is InChI=1S/C12H12N6O5/c1-6-11(14-12(20)17-15-6)16-13-5-7-3-8(18(21)22)4-9(23-2)10(7)19/h3-5,19H,1-2H3,(H2,14,16,17,20). The van der Waals surface area contributed by atoms with Gasteiger partial charge >= 0.3 is 5.69 Å². The first kappa shape index (κ1) is 15.9. The Morgan fingerprint density at radius 1 is 1.52 bits per heavy atom. The predicted octanol–water partition coefficient (Wildman–Crippen LogP) is 0.542. The van der Waals surface area contributed by atoms with E-state index in [0.717, 1.165) is 18.3 Å². The zero-order chi connectivity index (χ0) is 17.0. The zero-order valence-electron chi connectivity index (χ0n) is 12.1. The first-order chi connectivity index (χ1) is 10.9. The summed E-state index contributed by atoms with van der Waals surface area (Å²) in [5.74, 6) is -0.257. The molecule has 1 aromatic heterocycles. The zero-order valence-corrected chi connectivity index (χ0v) is 12.1. The summed E-state index contributed by atoms with van der Waals surface area (Å²) in [4.78, 5) is 24.9. The second-order valence-corrected chi connectivity index (χ2v) is 4.29. The van der Waals surface area contributed by atoms with Crippen LogP contribution in [0.15, 0.2) is 22.0 Å². The molecule has 0 fully saturated rings. The molecule has 0 atom stereocenters. The highest BCUT2D eigenvalue weighted by Gasteiger charge is 2.15. The van der Waals surface area contributed by atoms with Gasteiger partial charge in [0.1, 0.15) is 5.69 Å². The quantitative estimate of drug-likeness (QED) is 0.409. The van der Waals surface area contributed by atoms with Gasteiger partial charge in [-0.1, -0.05) is 0 Å². The van der Waals surface area contributed by atoms with Crippen LogP contribution in [0.2, 0.25) is 0 Å². The van der Waals surface area contributed by atoms with Crippen molar-refractivity contribution in [3.63, 3.8) is 0 Å². The Labute approximate surface area is 128 Å². The molecule has 0 aliphatic rings. The minimum atomic E-state index is -0.659. The minimum Gasteiger partial charge on any atom is -0.504 e. The number of nitrogens with one attached hydrogen (secondary N) is 2. The maximum Gasteiger partial charge on any atom is 0.363 e. The Bertz CT molecular complexity index is 831. The molecule has 1 aromatic carbocycles. The van der Waals surface area contributed by atoms with Gasteiger partial charge < -0.3 is 9.84 Å². The Balaban J connectivity index is 2.31. The minimum absolute atomic E-state index is 0.0546. The fraction of sp³-hybridized carbons (Fsp3) is 0.167. The second kappa shape index (κ2) is 6.51. The van der Waals surface area contributed by atoms with Crippen molar-refractivity contribution < 1.29 is 14.8 Å². The molecule has 1 heterocycles. The Hall–Kier alpha value is -3.50. The summed E-state index contributed by atoms with van der Waals surface area (Å²) in [5.41, 5.74) is 1.99. The third kappa shape index (κ3) is 3.58.